The smallest absolute Gasteiger partial charge is 0.229 e. The van der Waals surface area contributed by atoms with Crippen LogP contribution in [0.25, 0.3) is 0 Å². The van der Waals surface area contributed by atoms with Crippen molar-refractivity contribution in [3.05, 3.63) is 5.28 Å². The lowest BCUT2D eigenvalue weighted by molar-refractivity contribution is -0.175. The molecule has 3 rings (SSSR count). The second-order valence-electron chi connectivity index (χ2n) is 14.1. The topological polar surface area (TPSA) is 87.7 Å². The Labute approximate surface area is 293 Å². The Balaban J connectivity index is 1.45. The minimum Gasteiger partial charge on any atom is -0.351 e. The van der Waals surface area contributed by atoms with Crippen LogP contribution in [0.15, 0.2) is 0 Å². The molecule has 0 saturated carbocycles. The Morgan fingerprint density at radius 3 is 1.34 bits per heavy atom. The van der Waals surface area contributed by atoms with Gasteiger partial charge in [-0.2, -0.15) is 25.1 Å². The van der Waals surface area contributed by atoms with Gasteiger partial charge in [-0.25, -0.2) is 0 Å². The molecule has 2 atom stereocenters. The van der Waals surface area contributed by atoms with Gasteiger partial charge in [-0.3, -0.25) is 9.68 Å². The van der Waals surface area contributed by atoms with E-state index in [1.165, 1.54) is 64.2 Å². The molecule has 0 aliphatic carbocycles. The van der Waals surface area contributed by atoms with Crippen molar-refractivity contribution in [2.24, 2.45) is 11.8 Å². The summed E-state index contributed by atoms with van der Waals surface area (Å²) in [5.41, 5.74) is 0. The Bertz CT molecular complexity index is 844. The summed E-state index contributed by atoms with van der Waals surface area (Å²) in [6.45, 7) is 14.7. The van der Waals surface area contributed by atoms with Gasteiger partial charge in [-0.1, -0.05) is 105 Å². The molecule has 1 aromatic heterocycles. The van der Waals surface area contributed by atoms with E-state index in [1.54, 1.807) is 0 Å². The number of hydroxylamine groups is 4. The third-order valence-corrected chi connectivity index (χ3v) is 10.3. The maximum Gasteiger partial charge on any atom is 0.229 e. The third kappa shape index (κ3) is 16.3. The summed E-state index contributed by atoms with van der Waals surface area (Å²) < 4.78 is 0. The Kier molecular flexibility index (Phi) is 21.2. The fraction of sp³-hybridized carbons (Fsp3) is 0.919. The van der Waals surface area contributed by atoms with Crippen molar-refractivity contribution in [3.8, 4) is 0 Å². The number of hydrogen-bond donors (Lipinski definition) is 2. The highest BCUT2D eigenvalue weighted by atomic mass is 35.5. The van der Waals surface area contributed by atoms with E-state index in [2.05, 4.69) is 58.4 Å². The molecule has 272 valence electrons. The first-order chi connectivity index (χ1) is 23.1. The normalized spacial score (nSPS) is 18.4. The summed E-state index contributed by atoms with van der Waals surface area (Å²) in [6, 6.07) is 0.610. The Hall–Kier alpha value is -1.26. The second-order valence-corrected chi connectivity index (χ2v) is 14.4. The quantitative estimate of drug-likeness (QED) is 0.0929. The summed E-state index contributed by atoms with van der Waals surface area (Å²) in [7, 11) is 0. The average Bonchev–Trinajstić information content (AvgIpc) is 3.07. The number of nitrogens with one attached hydrogen (secondary N) is 2. The molecule has 2 saturated heterocycles. The lowest BCUT2D eigenvalue weighted by atomic mass is 9.87. The van der Waals surface area contributed by atoms with Crippen molar-refractivity contribution < 1.29 is 9.68 Å². The molecular formula is C37H70ClN7O2. The van der Waals surface area contributed by atoms with Gasteiger partial charge in [0.05, 0.1) is 13.2 Å². The van der Waals surface area contributed by atoms with Gasteiger partial charge in [0.2, 0.25) is 17.2 Å². The van der Waals surface area contributed by atoms with E-state index >= 15 is 0 Å². The van der Waals surface area contributed by atoms with Crippen LogP contribution >= 0.6 is 11.6 Å². The third-order valence-electron chi connectivity index (χ3n) is 10.1. The summed E-state index contributed by atoms with van der Waals surface area (Å²) >= 11 is 6.48. The van der Waals surface area contributed by atoms with E-state index in [9.17, 15) is 0 Å². The van der Waals surface area contributed by atoms with E-state index in [0.29, 0.717) is 35.8 Å². The number of hydrogen-bond acceptors (Lipinski definition) is 9. The molecule has 2 fully saturated rings. The monoisotopic (exact) mass is 680 g/mol. The molecule has 10 heteroatoms. The fourth-order valence-electron chi connectivity index (χ4n) is 7.25. The van der Waals surface area contributed by atoms with Gasteiger partial charge in [-0.15, -0.1) is 0 Å². The number of piperidine rings is 2. The number of unbranched alkanes of at least 4 members (excludes halogenated alkanes) is 10. The van der Waals surface area contributed by atoms with Gasteiger partial charge in [0.15, 0.2) is 0 Å². The van der Waals surface area contributed by atoms with Gasteiger partial charge in [0.1, 0.15) is 0 Å². The Morgan fingerprint density at radius 1 is 0.574 bits per heavy atom. The predicted octanol–water partition coefficient (Wildman–Crippen LogP) is 9.69. The highest BCUT2D eigenvalue weighted by Crippen LogP contribution is 2.28. The maximum absolute atomic E-state index is 6.48. The number of rotatable bonds is 26. The predicted molar refractivity (Wildman–Crippen MR) is 197 cm³/mol. The lowest BCUT2D eigenvalue weighted by Crippen LogP contribution is -2.41. The molecule has 0 aromatic carbocycles. The lowest BCUT2D eigenvalue weighted by Gasteiger charge is -2.36. The van der Waals surface area contributed by atoms with Crippen LogP contribution in [0.2, 0.25) is 5.28 Å². The van der Waals surface area contributed by atoms with Gasteiger partial charge in [0.25, 0.3) is 0 Å². The van der Waals surface area contributed by atoms with Crippen molar-refractivity contribution in [1.82, 2.24) is 25.1 Å². The van der Waals surface area contributed by atoms with E-state index in [1.807, 2.05) is 0 Å². The summed E-state index contributed by atoms with van der Waals surface area (Å²) in [4.78, 5) is 26.1. The van der Waals surface area contributed by atoms with Crippen LogP contribution in [-0.2, 0) is 9.68 Å². The second kappa shape index (κ2) is 24.8. The first kappa shape index (κ1) is 40.2. The van der Waals surface area contributed by atoms with Crippen molar-refractivity contribution in [1.29, 1.82) is 0 Å². The summed E-state index contributed by atoms with van der Waals surface area (Å²) in [5.74, 6) is 2.27. The average molecular weight is 680 g/mol. The standard InChI is InChI=1S/C37H70ClN7O2/c1-5-9-11-13-15-17-29-46-44-25-21-31(22-26-44)33(19-7-3)39-36-41-35(38)42-37(43-36)40-34(20-8-4)32-23-27-45(28-24-32)47-30-18-16-14-12-10-6-2/h31-34H,5-30H2,1-4H3,(H2,39,40,41,42,43). The first-order valence-corrected chi connectivity index (χ1v) is 20.1. The van der Waals surface area contributed by atoms with Crippen LogP contribution in [0, 0.1) is 11.8 Å². The minimum absolute atomic E-state index is 0.242. The molecule has 0 spiro atoms. The molecule has 2 aliphatic heterocycles. The number of nitrogens with zero attached hydrogens (tertiary/aromatic N) is 5. The van der Waals surface area contributed by atoms with Crippen molar-refractivity contribution in [2.75, 3.05) is 50.0 Å². The van der Waals surface area contributed by atoms with Gasteiger partial charge in [-0.05, 0) is 74.8 Å². The van der Waals surface area contributed by atoms with Crippen LogP contribution in [0.1, 0.15) is 156 Å². The van der Waals surface area contributed by atoms with Crippen molar-refractivity contribution in [3.63, 3.8) is 0 Å². The zero-order valence-electron chi connectivity index (χ0n) is 30.6. The van der Waals surface area contributed by atoms with E-state index in [0.717, 1.165) is 104 Å². The molecule has 0 bridgehead atoms. The molecule has 3 heterocycles. The van der Waals surface area contributed by atoms with Crippen LogP contribution in [-0.4, -0.2) is 76.6 Å². The van der Waals surface area contributed by atoms with Crippen molar-refractivity contribution in [2.45, 2.75) is 168 Å². The summed E-state index contributed by atoms with van der Waals surface area (Å²) in [6.07, 6.45) is 24.3. The molecular weight excluding hydrogens is 610 g/mol. The first-order valence-electron chi connectivity index (χ1n) is 19.8. The van der Waals surface area contributed by atoms with Gasteiger partial charge >= 0.3 is 0 Å². The van der Waals surface area contributed by atoms with Gasteiger partial charge in [0, 0.05) is 38.3 Å². The number of halogens is 1. The minimum atomic E-state index is 0.242. The molecule has 0 radical (unpaired) electrons. The molecule has 0 amide bonds. The molecule has 1 aromatic rings. The maximum atomic E-state index is 6.48. The number of aromatic nitrogens is 3. The highest BCUT2D eigenvalue weighted by Gasteiger charge is 2.29. The molecule has 2 N–H and O–H groups in total. The van der Waals surface area contributed by atoms with Gasteiger partial charge < -0.3 is 10.6 Å². The molecule has 47 heavy (non-hydrogen) atoms. The van der Waals surface area contributed by atoms with Crippen LogP contribution in [0.5, 0.6) is 0 Å². The Morgan fingerprint density at radius 2 is 0.957 bits per heavy atom. The molecule has 9 nitrogen and oxygen atoms in total. The largest absolute Gasteiger partial charge is 0.351 e. The van der Waals surface area contributed by atoms with E-state index < -0.39 is 0 Å². The van der Waals surface area contributed by atoms with Crippen molar-refractivity contribution >= 4 is 23.5 Å². The van der Waals surface area contributed by atoms with E-state index in [-0.39, 0.29) is 5.28 Å². The highest BCUT2D eigenvalue weighted by molar-refractivity contribution is 6.28. The fourth-order valence-corrected chi connectivity index (χ4v) is 7.41. The van der Waals surface area contributed by atoms with Crippen LogP contribution in [0.3, 0.4) is 0 Å². The zero-order chi connectivity index (χ0) is 33.5. The molecule has 2 aliphatic rings. The summed E-state index contributed by atoms with van der Waals surface area (Å²) in [5, 5.41) is 12.0. The SMILES string of the molecule is CCCCCCCCON1CCC(C(CCC)Nc2nc(Cl)nc(NC(CCC)C3CCN(OCCCCCCCC)CC3)n2)CC1. The van der Waals surface area contributed by atoms with Crippen LogP contribution < -0.4 is 10.6 Å². The number of anilines is 2. The van der Waals surface area contributed by atoms with E-state index in [4.69, 9.17) is 26.3 Å². The zero-order valence-corrected chi connectivity index (χ0v) is 31.4. The molecule has 2 unspecified atom stereocenters. The van der Waals surface area contributed by atoms with Crippen LogP contribution in [0.4, 0.5) is 11.9 Å².